The molecule has 0 aliphatic carbocycles. The Kier molecular flexibility index (Phi) is 7.02. The van der Waals surface area contributed by atoms with Crippen molar-refractivity contribution >= 4 is 6.03 Å². The van der Waals surface area contributed by atoms with E-state index in [1.807, 2.05) is 45.0 Å². The molecule has 0 aromatic heterocycles. The molecule has 0 saturated heterocycles. The van der Waals surface area contributed by atoms with Crippen LogP contribution < -0.4 is 10.1 Å². The summed E-state index contributed by atoms with van der Waals surface area (Å²) in [6.07, 6.45) is -0.547. The van der Waals surface area contributed by atoms with Crippen molar-refractivity contribution in [1.29, 1.82) is 0 Å². The van der Waals surface area contributed by atoms with Gasteiger partial charge in [-0.1, -0.05) is 18.2 Å². The number of hydrogen-bond acceptors (Lipinski definition) is 3. The van der Waals surface area contributed by atoms with E-state index in [0.717, 1.165) is 11.3 Å². The van der Waals surface area contributed by atoms with Crippen LogP contribution in [0.5, 0.6) is 5.75 Å². The summed E-state index contributed by atoms with van der Waals surface area (Å²) in [7, 11) is 0. The fraction of sp³-hybridized carbons (Fsp3) is 0.562. The Bertz CT molecular complexity index is 447. The van der Waals surface area contributed by atoms with Crippen LogP contribution in [0.2, 0.25) is 0 Å². The molecule has 2 amide bonds. The van der Waals surface area contributed by atoms with E-state index in [9.17, 15) is 9.90 Å². The lowest BCUT2D eigenvalue weighted by Crippen LogP contribution is -2.46. The number of nitrogens with zero attached hydrogens (tertiary/aromatic N) is 1. The third-order valence-corrected chi connectivity index (χ3v) is 3.05. The van der Waals surface area contributed by atoms with E-state index in [-0.39, 0.29) is 12.1 Å². The normalized spacial score (nSPS) is 12.1. The predicted molar refractivity (Wildman–Crippen MR) is 83.4 cm³/mol. The largest absolute Gasteiger partial charge is 0.494 e. The first-order valence-electron chi connectivity index (χ1n) is 7.39. The van der Waals surface area contributed by atoms with E-state index in [1.54, 1.807) is 11.8 Å². The van der Waals surface area contributed by atoms with Gasteiger partial charge in [0.2, 0.25) is 0 Å². The molecule has 5 nitrogen and oxygen atoms in total. The van der Waals surface area contributed by atoms with Crippen molar-refractivity contribution in [2.24, 2.45) is 0 Å². The van der Waals surface area contributed by atoms with E-state index < -0.39 is 6.10 Å². The Balaban J connectivity index is 2.66. The van der Waals surface area contributed by atoms with Crippen molar-refractivity contribution < 1.29 is 14.6 Å². The van der Waals surface area contributed by atoms with E-state index in [1.165, 1.54) is 0 Å². The third kappa shape index (κ3) is 5.63. The molecule has 0 heterocycles. The average molecular weight is 294 g/mol. The maximum absolute atomic E-state index is 12.2. The Morgan fingerprint density at radius 2 is 2.00 bits per heavy atom. The van der Waals surface area contributed by atoms with E-state index >= 15 is 0 Å². The van der Waals surface area contributed by atoms with Crippen LogP contribution in [0.1, 0.15) is 33.3 Å². The number of benzene rings is 1. The number of urea groups is 1. The van der Waals surface area contributed by atoms with Gasteiger partial charge >= 0.3 is 6.03 Å². The van der Waals surface area contributed by atoms with Crippen molar-refractivity contribution in [3.63, 3.8) is 0 Å². The molecule has 1 aromatic rings. The smallest absolute Gasteiger partial charge is 0.317 e. The predicted octanol–water partition coefficient (Wildman–Crippen LogP) is 2.39. The van der Waals surface area contributed by atoms with Gasteiger partial charge in [-0.25, -0.2) is 4.79 Å². The molecular weight excluding hydrogens is 268 g/mol. The summed E-state index contributed by atoms with van der Waals surface area (Å²) in [5, 5.41) is 12.4. The summed E-state index contributed by atoms with van der Waals surface area (Å²) in [5.74, 6) is 0.784. The van der Waals surface area contributed by atoms with Gasteiger partial charge in [-0.15, -0.1) is 0 Å². The molecule has 0 spiro atoms. The second kappa shape index (κ2) is 8.52. The highest BCUT2D eigenvalue weighted by Gasteiger charge is 2.18. The van der Waals surface area contributed by atoms with Gasteiger partial charge in [-0.05, 0) is 33.8 Å². The fourth-order valence-corrected chi connectivity index (χ4v) is 2.03. The van der Waals surface area contributed by atoms with Crippen LogP contribution in [-0.4, -0.2) is 41.3 Å². The first-order chi connectivity index (χ1) is 9.95. The van der Waals surface area contributed by atoms with Crippen molar-refractivity contribution in [3.05, 3.63) is 29.8 Å². The number of carbonyl (C=O) groups is 1. The fourth-order valence-electron chi connectivity index (χ4n) is 2.03. The molecule has 0 aliphatic rings. The Hall–Kier alpha value is -1.75. The number of aliphatic hydroxyl groups is 1. The molecule has 21 heavy (non-hydrogen) atoms. The summed E-state index contributed by atoms with van der Waals surface area (Å²) in [4.78, 5) is 13.8. The molecule has 0 bridgehead atoms. The second-order valence-corrected chi connectivity index (χ2v) is 5.29. The van der Waals surface area contributed by atoms with Gasteiger partial charge < -0.3 is 20.1 Å². The number of hydrogen-bond donors (Lipinski definition) is 2. The van der Waals surface area contributed by atoms with Crippen molar-refractivity contribution in [2.45, 2.75) is 46.4 Å². The number of para-hydroxylation sites is 1. The number of aliphatic hydroxyl groups excluding tert-OH is 1. The lowest BCUT2D eigenvalue weighted by molar-refractivity contribution is 0.118. The van der Waals surface area contributed by atoms with E-state index in [4.69, 9.17) is 4.74 Å². The van der Waals surface area contributed by atoms with Crippen LogP contribution in [0.4, 0.5) is 4.79 Å². The SMILES string of the molecule is CCOc1ccccc1CNC(=O)N(CC(C)O)C(C)C. The standard InChI is InChI=1S/C16H26N2O3/c1-5-21-15-9-7-6-8-14(15)10-17-16(20)18(12(2)3)11-13(4)19/h6-9,12-13,19H,5,10-11H2,1-4H3,(H,17,20). The van der Waals surface area contributed by atoms with Gasteiger partial charge in [0.05, 0.1) is 12.7 Å². The van der Waals surface area contributed by atoms with Crippen LogP contribution in [0.3, 0.4) is 0 Å². The topological polar surface area (TPSA) is 61.8 Å². The molecular formula is C16H26N2O3. The van der Waals surface area contributed by atoms with E-state index in [0.29, 0.717) is 19.7 Å². The lowest BCUT2D eigenvalue weighted by Gasteiger charge is -2.28. The summed E-state index contributed by atoms with van der Waals surface area (Å²) in [6.45, 7) is 8.76. The molecule has 5 heteroatoms. The minimum absolute atomic E-state index is 0.0294. The minimum Gasteiger partial charge on any atom is -0.494 e. The van der Waals surface area contributed by atoms with E-state index in [2.05, 4.69) is 5.32 Å². The van der Waals surface area contributed by atoms with Gasteiger partial charge in [-0.2, -0.15) is 0 Å². The Morgan fingerprint density at radius 1 is 1.33 bits per heavy atom. The minimum atomic E-state index is -0.547. The maximum Gasteiger partial charge on any atom is 0.317 e. The van der Waals surface area contributed by atoms with Crippen LogP contribution >= 0.6 is 0 Å². The second-order valence-electron chi connectivity index (χ2n) is 5.29. The molecule has 0 fully saturated rings. The van der Waals surface area contributed by atoms with Crippen molar-refractivity contribution in [1.82, 2.24) is 10.2 Å². The van der Waals surface area contributed by atoms with Crippen molar-refractivity contribution in [2.75, 3.05) is 13.2 Å². The molecule has 118 valence electrons. The molecule has 0 radical (unpaired) electrons. The van der Waals surface area contributed by atoms with Gasteiger partial charge in [0, 0.05) is 24.7 Å². The first-order valence-corrected chi connectivity index (χ1v) is 7.39. The van der Waals surface area contributed by atoms with Gasteiger partial charge in [-0.3, -0.25) is 0 Å². The molecule has 1 unspecified atom stereocenters. The summed E-state index contributed by atoms with van der Waals surface area (Å²) < 4.78 is 5.54. The van der Waals surface area contributed by atoms with Gasteiger partial charge in [0.1, 0.15) is 5.75 Å². The number of ether oxygens (including phenoxy) is 1. The monoisotopic (exact) mass is 294 g/mol. The van der Waals surface area contributed by atoms with Crippen LogP contribution in [0.15, 0.2) is 24.3 Å². The average Bonchev–Trinajstić information content (AvgIpc) is 2.43. The van der Waals surface area contributed by atoms with Crippen molar-refractivity contribution in [3.8, 4) is 5.75 Å². The van der Waals surface area contributed by atoms with Gasteiger partial charge in [0.15, 0.2) is 0 Å². The molecule has 1 rings (SSSR count). The summed E-state index contributed by atoms with van der Waals surface area (Å²) >= 11 is 0. The maximum atomic E-state index is 12.2. The zero-order chi connectivity index (χ0) is 15.8. The molecule has 1 aromatic carbocycles. The lowest BCUT2D eigenvalue weighted by atomic mass is 10.2. The number of amides is 2. The van der Waals surface area contributed by atoms with Gasteiger partial charge in [0.25, 0.3) is 0 Å². The number of rotatable bonds is 7. The third-order valence-electron chi connectivity index (χ3n) is 3.05. The highest BCUT2D eigenvalue weighted by Crippen LogP contribution is 2.17. The Labute approximate surface area is 126 Å². The van der Waals surface area contributed by atoms with Crippen LogP contribution in [-0.2, 0) is 6.54 Å². The Morgan fingerprint density at radius 3 is 2.57 bits per heavy atom. The molecule has 1 atom stereocenters. The molecule has 0 saturated carbocycles. The highest BCUT2D eigenvalue weighted by molar-refractivity contribution is 5.74. The van der Waals surface area contributed by atoms with Crippen LogP contribution in [0.25, 0.3) is 0 Å². The highest BCUT2D eigenvalue weighted by atomic mass is 16.5. The zero-order valence-corrected chi connectivity index (χ0v) is 13.3. The summed E-state index contributed by atoms with van der Waals surface area (Å²) in [5.41, 5.74) is 0.938. The molecule has 0 aliphatic heterocycles. The first kappa shape index (κ1) is 17.3. The number of nitrogens with one attached hydrogen (secondary N) is 1. The zero-order valence-electron chi connectivity index (χ0n) is 13.3. The molecule has 2 N–H and O–H groups in total. The number of carbonyl (C=O) groups excluding carboxylic acids is 1. The quantitative estimate of drug-likeness (QED) is 0.811. The summed E-state index contributed by atoms with van der Waals surface area (Å²) in [6, 6.07) is 7.49. The van der Waals surface area contributed by atoms with Crippen LogP contribution in [0, 0.1) is 0 Å².